The maximum Gasteiger partial charge on any atom is 0.193 e. The minimum Gasteiger partial charge on any atom is -0.293 e. The van der Waals surface area contributed by atoms with Crippen LogP contribution in [0.15, 0.2) is 206 Å². The summed E-state index contributed by atoms with van der Waals surface area (Å²) in [5, 5.41) is 5.30. The number of hydrogen-bond acceptors (Lipinski definition) is 3. The van der Waals surface area contributed by atoms with Crippen molar-refractivity contribution in [3.05, 3.63) is 229 Å². The maximum absolute atomic E-state index is 12.5. The molecule has 0 bridgehead atoms. The van der Waals surface area contributed by atoms with Crippen molar-refractivity contribution in [3.63, 3.8) is 0 Å². The van der Waals surface area contributed by atoms with Crippen molar-refractivity contribution in [1.82, 2.24) is 0 Å². The first kappa shape index (κ1) is 37.1. The Balaban J connectivity index is 0.000000140. The average Bonchev–Trinajstić information content (AvgIpc) is 3.26. The number of fused-ring (bicyclic) bond motifs is 3. The van der Waals surface area contributed by atoms with E-state index in [1.54, 1.807) is 24.3 Å². The molecular weight excluding hydrogens is 661 g/mol. The van der Waals surface area contributed by atoms with Crippen LogP contribution in [0, 0.1) is 5.92 Å². The summed E-state index contributed by atoms with van der Waals surface area (Å²) in [6.45, 7) is 1.99. The minimum absolute atomic E-state index is 0.0604. The van der Waals surface area contributed by atoms with E-state index in [9.17, 15) is 14.4 Å². The van der Waals surface area contributed by atoms with Gasteiger partial charge in [-0.3, -0.25) is 14.4 Å². The van der Waals surface area contributed by atoms with Gasteiger partial charge in [0.2, 0.25) is 0 Å². The lowest BCUT2D eigenvalue weighted by Gasteiger charge is -2.14. The molecule has 0 spiro atoms. The van der Waals surface area contributed by atoms with E-state index in [-0.39, 0.29) is 17.3 Å². The molecular formula is C51H42O3. The molecule has 0 heterocycles. The molecule has 8 aromatic carbocycles. The van der Waals surface area contributed by atoms with Gasteiger partial charge in [-0.2, -0.15) is 0 Å². The number of benzene rings is 8. The zero-order valence-corrected chi connectivity index (χ0v) is 30.3. The highest BCUT2D eigenvalue weighted by atomic mass is 16.2. The first-order valence-electron chi connectivity index (χ1n) is 18.3. The molecule has 0 N–H and O–H groups in total. The standard InChI is InChI=1S/C19H14O.C18H18O2.C14H10/c20-19(17-9-5-2-6-10-17)18-13-11-16(12-14-18)15-7-3-1-4-8-15;1-2-9-16(17(19)14-10-5-3-6-11-14)18(20)15-12-7-4-8-13-15;1-3-7-13-11(5-1)9-10-12-6-2-4-8-14(12)13/h1-14H;3-8,10-13,16H,2,9H2,1H3;1-10H. The smallest absolute Gasteiger partial charge is 0.193 e. The van der Waals surface area contributed by atoms with Gasteiger partial charge in [-0.05, 0) is 39.1 Å². The molecule has 8 aromatic rings. The second-order valence-electron chi connectivity index (χ2n) is 12.9. The molecule has 0 saturated heterocycles. The predicted octanol–water partition coefficient (Wildman–Crippen LogP) is 12.7. The summed E-state index contributed by atoms with van der Waals surface area (Å²) in [4.78, 5) is 37.4. The zero-order chi connectivity index (χ0) is 37.5. The van der Waals surface area contributed by atoms with Crippen LogP contribution >= 0.6 is 0 Å². The summed E-state index contributed by atoms with van der Waals surface area (Å²) in [5.74, 6) is -0.683. The average molecular weight is 703 g/mol. The third-order valence-corrected chi connectivity index (χ3v) is 9.27. The molecule has 0 amide bonds. The van der Waals surface area contributed by atoms with Gasteiger partial charge in [0.05, 0.1) is 5.92 Å². The van der Waals surface area contributed by atoms with Gasteiger partial charge in [-0.15, -0.1) is 0 Å². The Morgan fingerprint density at radius 3 is 1.17 bits per heavy atom. The summed E-state index contributed by atoms with van der Waals surface area (Å²) < 4.78 is 0. The lowest BCUT2D eigenvalue weighted by atomic mass is 9.87. The number of carbonyl (C=O) groups excluding carboxylic acids is 3. The molecule has 0 aliphatic carbocycles. The van der Waals surface area contributed by atoms with Crippen molar-refractivity contribution >= 4 is 38.9 Å². The Hall–Kier alpha value is -6.71. The molecule has 0 aromatic heterocycles. The number of carbonyl (C=O) groups is 3. The Morgan fingerprint density at radius 1 is 0.370 bits per heavy atom. The number of Topliss-reactive ketones (excluding diaryl/α,β-unsaturated/α-hetero) is 2. The van der Waals surface area contributed by atoms with Crippen LogP contribution in [0.4, 0.5) is 0 Å². The van der Waals surface area contributed by atoms with Gasteiger partial charge in [-0.1, -0.05) is 220 Å². The van der Waals surface area contributed by atoms with E-state index in [4.69, 9.17) is 0 Å². The van der Waals surface area contributed by atoms with Gasteiger partial charge in [0.25, 0.3) is 0 Å². The van der Waals surface area contributed by atoms with Crippen LogP contribution in [-0.4, -0.2) is 17.3 Å². The summed E-state index contributed by atoms with van der Waals surface area (Å²) >= 11 is 0. The van der Waals surface area contributed by atoms with Gasteiger partial charge in [0.1, 0.15) is 0 Å². The van der Waals surface area contributed by atoms with Crippen LogP contribution in [0.25, 0.3) is 32.7 Å². The molecule has 0 aliphatic heterocycles. The Bertz CT molecular complexity index is 2310. The van der Waals surface area contributed by atoms with E-state index in [2.05, 4.69) is 72.8 Å². The summed E-state index contributed by atoms with van der Waals surface area (Å²) in [6, 6.07) is 66.7. The van der Waals surface area contributed by atoms with Crippen LogP contribution in [0.1, 0.15) is 56.4 Å². The van der Waals surface area contributed by atoms with Crippen molar-refractivity contribution in [3.8, 4) is 11.1 Å². The van der Waals surface area contributed by atoms with Crippen molar-refractivity contribution in [2.24, 2.45) is 5.92 Å². The fraction of sp³-hybridized carbons (Fsp3) is 0.0784. The van der Waals surface area contributed by atoms with Gasteiger partial charge in [0, 0.05) is 22.3 Å². The molecule has 54 heavy (non-hydrogen) atoms. The molecule has 264 valence electrons. The first-order valence-corrected chi connectivity index (χ1v) is 18.3. The SMILES string of the molecule is CCCC(C(=O)c1ccccc1)C(=O)c1ccccc1.O=C(c1ccccc1)c1ccc(-c2ccccc2)cc1.c1ccc2c(c1)ccc1ccccc12. The molecule has 0 unspecified atom stereocenters. The number of ketones is 3. The highest BCUT2D eigenvalue weighted by Gasteiger charge is 2.27. The molecule has 0 fully saturated rings. The predicted molar refractivity (Wildman–Crippen MR) is 223 cm³/mol. The van der Waals surface area contributed by atoms with Crippen LogP contribution in [0.3, 0.4) is 0 Å². The fourth-order valence-electron chi connectivity index (χ4n) is 6.43. The van der Waals surface area contributed by atoms with E-state index < -0.39 is 5.92 Å². The Morgan fingerprint density at radius 2 is 0.722 bits per heavy atom. The molecule has 0 radical (unpaired) electrons. The highest BCUT2D eigenvalue weighted by molar-refractivity contribution is 6.16. The zero-order valence-electron chi connectivity index (χ0n) is 30.3. The highest BCUT2D eigenvalue weighted by Crippen LogP contribution is 2.25. The second kappa shape index (κ2) is 18.7. The van der Waals surface area contributed by atoms with Crippen molar-refractivity contribution in [2.75, 3.05) is 0 Å². The molecule has 0 atom stereocenters. The van der Waals surface area contributed by atoms with Crippen molar-refractivity contribution < 1.29 is 14.4 Å². The fourth-order valence-corrected chi connectivity index (χ4v) is 6.43. The summed E-state index contributed by atoms with van der Waals surface area (Å²) in [5.41, 5.74) is 4.93. The maximum atomic E-state index is 12.5. The van der Waals surface area contributed by atoms with E-state index in [0.29, 0.717) is 17.5 Å². The topological polar surface area (TPSA) is 51.2 Å². The lowest BCUT2D eigenvalue weighted by molar-refractivity contribution is 0.0798. The first-order chi connectivity index (χ1) is 26.5. The van der Waals surface area contributed by atoms with E-state index >= 15 is 0 Å². The number of hydrogen-bond donors (Lipinski definition) is 0. The Labute approximate surface area is 317 Å². The normalized spacial score (nSPS) is 10.5. The van der Waals surface area contributed by atoms with Gasteiger partial charge < -0.3 is 0 Å². The monoisotopic (exact) mass is 702 g/mol. The van der Waals surface area contributed by atoms with Gasteiger partial charge in [-0.25, -0.2) is 0 Å². The molecule has 3 heteroatoms. The van der Waals surface area contributed by atoms with E-state index in [1.807, 2.05) is 116 Å². The molecule has 0 saturated carbocycles. The third-order valence-electron chi connectivity index (χ3n) is 9.27. The third kappa shape index (κ3) is 9.39. The van der Waals surface area contributed by atoms with Gasteiger partial charge in [0.15, 0.2) is 17.3 Å². The largest absolute Gasteiger partial charge is 0.293 e. The summed E-state index contributed by atoms with van der Waals surface area (Å²) in [7, 11) is 0. The minimum atomic E-state index is -0.579. The lowest BCUT2D eigenvalue weighted by Crippen LogP contribution is -2.24. The van der Waals surface area contributed by atoms with Crippen LogP contribution in [0.5, 0.6) is 0 Å². The van der Waals surface area contributed by atoms with Gasteiger partial charge >= 0.3 is 0 Å². The van der Waals surface area contributed by atoms with Crippen LogP contribution < -0.4 is 0 Å². The molecule has 3 nitrogen and oxygen atoms in total. The number of rotatable bonds is 9. The molecule has 8 rings (SSSR count). The Kier molecular flexibility index (Phi) is 12.8. The summed E-state index contributed by atoms with van der Waals surface area (Å²) in [6.07, 6.45) is 1.39. The van der Waals surface area contributed by atoms with E-state index in [1.165, 1.54) is 21.5 Å². The quantitative estimate of drug-likeness (QED) is 0.0855. The second-order valence-corrected chi connectivity index (χ2v) is 12.9. The van der Waals surface area contributed by atoms with E-state index in [0.717, 1.165) is 28.7 Å². The van der Waals surface area contributed by atoms with Crippen LogP contribution in [-0.2, 0) is 0 Å². The van der Waals surface area contributed by atoms with Crippen LogP contribution in [0.2, 0.25) is 0 Å². The molecule has 0 aliphatic rings. The van der Waals surface area contributed by atoms with Crippen molar-refractivity contribution in [1.29, 1.82) is 0 Å². The van der Waals surface area contributed by atoms with Crippen molar-refractivity contribution in [2.45, 2.75) is 19.8 Å².